The summed E-state index contributed by atoms with van der Waals surface area (Å²) in [5.41, 5.74) is 9.15. The maximum Gasteiger partial charge on any atom is 0.119 e. The molecule has 0 saturated heterocycles. The van der Waals surface area contributed by atoms with Gasteiger partial charge in [-0.2, -0.15) is 0 Å². The first-order chi connectivity index (χ1) is 8.78. The number of nitrogens with two attached hydrogens (primary N) is 1. The predicted octanol–water partition coefficient (Wildman–Crippen LogP) is 3.45. The summed E-state index contributed by atoms with van der Waals surface area (Å²) in [4.78, 5) is 0. The first kappa shape index (κ1) is 12.5. The molecule has 2 heteroatoms. The molecule has 94 valence electrons. The minimum absolute atomic E-state index is 0.826. The van der Waals surface area contributed by atoms with Gasteiger partial charge in [0, 0.05) is 5.69 Å². The van der Waals surface area contributed by atoms with Crippen molar-refractivity contribution in [3.63, 3.8) is 0 Å². The lowest BCUT2D eigenvalue weighted by Gasteiger charge is -2.05. The largest absolute Gasteiger partial charge is 0.497 e. The smallest absolute Gasteiger partial charge is 0.119 e. The van der Waals surface area contributed by atoms with Crippen LogP contribution in [0.2, 0.25) is 0 Å². The molecule has 0 aliphatic carbocycles. The standard InChI is InChI=1S/C16H19NO/c1-18-16-7-3-6-14(12-16)5-2-4-13-8-10-15(17)11-9-13/h3,6-12H,2,4-5,17H2,1H3. The average Bonchev–Trinajstić information content (AvgIpc) is 2.41. The second-order valence-electron chi connectivity index (χ2n) is 4.45. The van der Waals surface area contributed by atoms with Gasteiger partial charge in [0.05, 0.1) is 7.11 Å². The van der Waals surface area contributed by atoms with E-state index in [0.717, 1.165) is 30.7 Å². The van der Waals surface area contributed by atoms with Crippen LogP contribution in [0.25, 0.3) is 0 Å². The Labute approximate surface area is 108 Å². The zero-order chi connectivity index (χ0) is 12.8. The highest BCUT2D eigenvalue weighted by Gasteiger charge is 1.97. The Morgan fingerprint density at radius 3 is 2.39 bits per heavy atom. The highest BCUT2D eigenvalue weighted by molar-refractivity contribution is 5.39. The summed E-state index contributed by atoms with van der Waals surface area (Å²) >= 11 is 0. The van der Waals surface area contributed by atoms with Crippen molar-refractivity contribution in [3.05, 3.63) is 59.7 Å². The topological polar surface area (TPSA) is 35.2 Å². The lowest BCUT2D eigenvalue weighted by Crippen LogP contribution is -1.92. The SMILES string of the molecule is COc1cccc(CCCc2ccc(N)cc2)c1. The minimum atomic E-state index is 0.826. The number of aryl methyl sites for hydroxylation is 2. The quantitative estimate of drug-likeness (QED) is 0.814. The van der Waals surface area contributed by atoms with Gasteiger partial charge in [-0.1, -0.05) is 24.3 Å². The van der Waals surface area contributed by atoms with Crippen molar-refractivity contribution in [2.45, 2.75) is 19.3 Å². The molecule has 0 unspecified atom stereocenters. The van der Waals surface area contributed by atoms with E-state index in [2.05, 4.69) is 24.3 Å². The molecule has 0 radical (unpaired) electrons. The molecule has 2 N–H and O–H groups in total. The van der Waals surface area contributed by atoms with Gasteiger partial charge in [-0.3, -0.25) is 0 Å². The molecule has 0 aliphatic rings. The number of nitrogen functional groups attached to an aromatic ring is 1. The number of methoxy groups -OCH3 is 1. The number of hydrogen-bond acceptors (Lipinski definition) is 2. The van der Waals surface area contributed by atoms with Crippen LogP contribution in [0.3, 0.4) is 0 Å². The van der Waals surface area contributed by atoms with Gasteiger partial charge in [0.25, 0.3) is 0 Å². The van der Waals surface area contributed by atoms with Crippen molar-refractivity contribution in [2.75, 3.05) is 12.8 Å². The Morgan fingerprint density at radius 1 is 0.944 bits per heavy atom. The summed E-state index contributed by atoms with van der Waals surface area (Å²) < 4.78 is 5.22. The van der Waals surface area contributed by atoms with E-state index in [1.807, 2.05) is 24.3 Å². The van der Waals surface area contributed by atoms with Crippen LogP contribution in [-0.2, 0) is 12.8 Å². The molecule has 0 fully saturated rings. The zero-order valence-electron chi connectivity index (χ0n) is 10.7. The fourth-order valence-corrected chi connectivity index (χ4v) is 2.01. The second-order valence-corrected chi connectivity index (χ2v) is 4.45. The maximum atomic E-state index is 5.66. The third-order valence-electron chi connectivity index (χ3n) is 3.04. The molecular weight excluding hydrogens is 222 g/mol. The molecule has 0 amide bonds. The van der Waals surface area contributed by atoms with Crippen LogP contribution in [0.4, 0.5) is 5.69 Å². The fourth-order valence-electron chi connectivity index (χ4n) is 2.01. The van der Waals surface area contributed by atoms with Crippen molar-refractivity contribution in [1.29, 1.82) is 0 Å². The molecule has 0 heterocycles. The molecule has 0 aliphatic heterocycles. The molecule has 2 rings (SSSR count). The van der Waals surface area contributed by atoms with Crippen LogP contribution in [0, 0.1) is 0 Å². The van der Waals surface area contributed by atoms with Gasteiger partial charge in [0.1, 0.15) is 5.75 Å². The molecule has 2 aromatic carbocycles. The minimum Gasteiger partial charge on any atom is -0.497 e. The van der Waals surface area contributed by atoms with Crippen molar-refractivity contribution in [1.82, 2.24) is 0 Å². The Hall–Kier alpha value is -1.96. The molecule has 0 spiro atoms. The number of benzene rings is 2. The fraction of sp³-hybridized carbons (Fsp3) is 0.250. The van der Waals surface area contributed by atoms with Crippen molar-refractivity contribution >= 4 is 5.69 Å². The van der Waals surface area contributed by atoms with Gasteiger partial charge in [-0.05, 0) is 54.7 Å². The predicted molar refractivity (Wildman–Crippen MR) is 75.9 cm³/mol. The van der Waals surface area contributed by atoms with E-state index >= 15 is 0 Å². The Kier molecular flexibility index (Phi) is 4.24. The van der Waals surface area contributed by atoms with Crippen LogP contribution in [0.15, 0.2) is 48.5 Å². The van der Waals surface area contributed by atoms with Gasteiger partial charge in [-0.25, -0.2) is 0 Å². The molecule has 18 heavy (non-hydrogen) atoms. The summed E-state index contributed by atoms with van der Waals surface area (Å²) in [6, 6.07) is 16.4. The number of anilines is 1. The summed E-state index contributed by atoms with van der Waals surface area (Å²) in [7, 11) is 1.70. The Bertz CT molecular complexity index is 491. The lowest BCUT2D eigenvalue weighted by molar-refractivity contribution is 0.414. The number of rotatable bonds is 5. The molecule has 0 atom stereocenters. The zero-order valence-corrected chi connectivity index (χ0v) is 10.7. The van der Waals surface area contributed by atoms with E-state index in [4.69, 9.17) is 10.5 Å². The monoisotopic (exact) mass is 241 g/mol. The highest BCUT2D eigenvalue weighted by Crippen LogP contribution is 2.15. The van der Waals surface area contributed by atoms with Crippen molar-refractivity contribution < 1.29 is 4.74 Å². The molecule has 2 nitrogen and oxygen atoms in total. The summed E-state index contributed by atoms with van der Waals surface area (Å²) in [6.45, 7) is 0. The number of ether oxygens (including phenoxy) is 1. The van der Waals surface area contributed by atoms with Crippen LogP contribution < -0.4 is 10.5 Å². The normalized spacial score (nSPS) is 10.3. The average molecular weight is 241 g/mol. The molecule has 0 bridgehead atoms. The first-order valence-electron chi connectivity index (χ1n) is 6.25. The van der Waals surface area contributed by atoms with Crippen molar-refractivity contribution in [2.24, 2.45) is 0 Å². The first-order valence-corrected chi connectivity index (χ1v) is 6.25. The highest BCUT2D eigenvalue weighted by atomic mass is 16.5. The molecule has 0 aromatic heterocycles. The van der Waals surface area contributed by atoms with E-state index in [9.17, 15) is 0 Å². The van der Waals surface area contributed by atoms with Crippen LogP contribution in [0.5, 0.6) is 5.75 Å². The van der Waals surface area contributed by atoms with Crippen LogP contribution in [0.1, 0.15) is 17.5 Å². The van der Waals surface area contributed by atoms with Crippen LogP contribution >= 0.6 is 0 Å². The van der Waals surface area contributed by atoms with Gasteiger partial charge in [0.15, 0.2) is 0 Å². The Morgan fingerprint density at radius 2 is 1.67 bits per heavy atom. The van der Waals surface area contributed by atoms with E-state index < -0.39 is 0 Å². The van der Waals surface area contributed by atoms with E-state index in [1.165, 1.54) is 11.1 Å². The Balaban J connectivity index is 1.86. The van der Waals surface area contributed by atoms with E-state index in [-0.39, 0.29) is 0 Å². The summed E-state index contributed by atoms with van der Waals surface area (Å²) in [5.74, 6) is 0.931. The van der Waals surface area contributed by atoms with Gasteiger partial charge in [0.2, 0.25) is 0 Å². The molecular formula is C16H19NO. The third kappa shape index (κ3) is 3.52. The van der Waals surface area contributed by atoms with Gasteiger partial charge in [-0.15, -0.1) is 0 Å². The van der Waals surface area contributed by atoms with E-state index in [1.54, 1.807) is 7.11 Å². The third-order valence-corrected chi connectivity index (χ3v) is 3.04. The number of hydrogen-bond donors (Lipinski definition) is 1. The van der Waals surface area contributed by atoms with Crippen LogP contribution in [-0.4, -0.2) is 7.11 Å². The molecule has 0 saturated carbocycles. The van der Waals surface area contributed by atoms with E-state index in [0.29, 0.717) is 0 Å². The van der Waals surface area contributed by atoms with Gasteiger partial charge >= 0.3 is 0 Å². The maximum absolute atomic E-state index is 5.66. The summed E-state index contributed by atoms with van der Waals surface area (Å²) in [6.07, 6.45) is 3.29. The second kappa shape index (κ2) is 6.10. The molecule has 2 aromatic rings. The summed E-state index contributed by atoms with van der Waals surface area (Å²) in [5, 5.41) is 0. The lowest BCUT2D eigenvalue weighted by atomic mass is 10.0. The van der Waals surface area contributed by atoms with Gasteiger partial charge < -0.3 is 10.5 Å². The van der Waals surface area contributed by atoms with Crippen molar-refractivity contribution in [3.8, 4) is 5.75 Å².